The van der Waals surface area contributed by atoms with Crippen LogP contribution in [0.2, 0.25) is 0 Å². The summed E-state index contributed by atoms with van der Waals surface area (Å²) in [6.07, 6.45) is 4.05. The molecule has 4 rings (SSSR count). The molecule has 0 bridgehead atoms. The zero-order valence-corrected chi connectivity index (χ0v) is 19.0. The molecule has 2 heterocycles. The van der Waals surface area contributed by atoms with Gasteiger partial charge < -0.3 is 13.9 Å². The molecule has 0 N–H and O–H groups in total. The summed E-state index contributed by atoms with van der Waals surface area (Å²) in [7, 11) is 1.47. The van der Waals surface area contributed by atoms with Crippen molar-refractivity contribution in [1.82, 2.24) is 0 Å². The first-order valence-corrected chi connectivity index (χ1v) is 11.0. The van der Waals surface area contributed by atoms with E-state index in [-0.39, 0.29) is 17.4 Å². The molecular weight excluding hydrogens is 446 g/mol. The molecule has 2 aromatic carbocycles. The summed E-state index contributed by atoms with van der Waals surface area (Å²) >= 11 is 6.68. The van der Waals surface area contributed by atoms with Crippen LogP contribution in [0.1, 0.15) is 28.6 Å². The summed E-state index contributed by atoms with van der Waals surface area (Å²) in [6.45, 7) is 2.08. The highest BCUT2D eigenvalue weighted by Crippen LogP contribution is 2.37. The lowest BCUT2D eigenvalue weighted by molar-refractivity contribution is -0.113. The molecule has 3 aromatic rings. The van der Waals surface area contributed by atoms with Gasteiger partial charge in [-0.15, -0.1) is 0 Å². The lowest BCUT2D eigenvalue weighted by atomic mass is 10.1. The number of amides is 1. The van der Waals surface area contributed by atoms with E-state index < -0.39 is 5.97 Å². The van der Waals surface area contributed by atoms with Crippen LogP contribution < -0.4 is 14.4 Å². The van der Waals surface area contributed by atoms with Crippen molar-refractivity contribution in [1.29, 1.82) is 0 Å². The maximum Gasteiger partial charge on any atom is 0.379 e. The van der Waals surface area contributed by atoms with E-state index in [9.17, 15) is 9.59 Å². The summed E-state index contributed by atoms with van der Waals surface area (Å²) in [5.41, 5.74) is 2.64. The number of methoxy groups -OCH3 is 1. The van der Waals surface area contributed by atoms with Gasteiger partial charge in [0, 0.05) is 0 Å². The van der Waals surface area contributed by atoms with Crippen LogP contribution in [0.4, 0.5) is 5.69 Å². The van der Waals surface area contributed by atoms with E-state index in [2.05, 4.69) is 6.92 Å². The average molecular weight is 466 g/mol. The molecular formula is C24H19NO5S2. The zero-order valence-electron chi connectivity index (χ0n) is 17.4. The van der Waals surface area contributed by atoms with Crippen LogP contribution in [0, 0.1) is 0 Å². The number of nitrogens with zero attached hydrogens (tertiary/aromatic N) is 1. The second kappa shape index (κ2) is 9.42. The Kier molecular flexibility index (Phi) is 6.43. The Balaban J connectivity index is 1.56. The number of thioether (sulfide) groups is 1. The Hall–Kier alpha value is -3.36. The van der Waals surface area contributed by atoms with Gasteiger partial charge >= 0.3 is 5.97 Å². The molecule has 0 unspecified atom stereocenters. The number of ether oxygens (including phenoxy) is 2. The quantitative estimate of drug-likeness (QED) is 0.207. The van der Waals surface area contributed by atoms with Crippen molar-refractivity contribution in [3.05, 3.63) is 82.7 Å². The largest absolute Gasteiger partial charge is 0.493 e. The van der Waals surface area contributed by atoms with E-state index in [0.717, 1.165) is 12.1 Å². The number of furan rings is 1. The molecule has 0 radical (unpaired) electrons. The van der Waals surface area contributed by atoms with Gasteiger partial charge in [0.2, 0.25) is 5.76 Å². The minimum atomic E-state index is -0.629. The molecule has 1 aromatic heterocycles. The first-order chi connectivity index (χ1) is 15.5. The highest BCUT2D eigenvalue weighted by Gasteiger charge is 2.33. The van der Waals surface area contributed by atoms with E-state index in [1.165, 1.54) is 41.7 Å². The van der Waals surface area contributed by atoms with Crippen molar-refractivity contribution in [2.75, 3.05) is 12.0 Å². The second-order valence-corrected chi connectivity index (χ2v) is 8.49. The monoisotopic (exact) mass is 465 g/mol. The van der Waals surface area contributed by atoms with Crippen LogP contribution in [0.15, 0.2) is 70.2 Å². The van der Waals surface area contributed by atoms with Crippen molar-refractivity contribution in [3.8, 4) is 11.5 Å². The van der Waals surface area contributed by atoms with Crippen molar-refractivity contribution >= 4 is 51.9 Å². The molecule has 32 heavy (non-hydrogen) atoms. The molecule has 0 spiro atoms. The van der Waals surface area contributed by atoms with E-state index in [1.54, 1.807) is 30.3 Å². The number of aryl methyl sites for hydroxylation is 1. The first kappa shape index (κ1) is 21.9. The van der Waals surface area contributed by atoms with E-state index in [0.29, 0.717) is 20.5 Å². The molecule has 8 heteroatoms. The van der Waals surface area contributed by atoms with Gasteiger partial charge in [0.05, 0.1) is 24.0 Å². The fourth-order valence-corrected chi connectivity index (χ4v) is 4.42. The molecule has 1 aliphatic rings. The smallest absolute Gasteiger partial charge is 0.379 e. The van der Waals surface area contributed by atoms with Gasteiger partial charge in [-0.05, 0) is 60.0 Å². The number of carbonyl (C=O) groups excluding carboxylic acids is 2. The van der Waals surface area contributed by atoms with Crippen molar-refractivity contribution < 1.29 is 23.5 Å². The maximum absolute atomic E-state index is 13.0. The number of hydrogen-bond acceptors (Lipinski definition) is 7. The maximum atomic E-state index is 13.0. The van der Waals surface area contributed by atoms with E-state index in [1.807, 2.05) is 24.3 Å². The topological polar surface area (TPSA) is 69.0 Å². The van der Waals surface area contributed by atoms with E-state index >= 15 is 0 Å². The lowest BCUT2D eigenvalue weighted by Crippen LogP contribution is -2.27. The number of carbonyl (C=O) groups is 2. The van der Waals surface area contributed by atoms with Crippen molar-refractivity contribution in [2.45, 2.75) is 13.3 Å². The molecule has 1 aliphatic heterocycles. The molecule has 0 atom stereocenters. The second-order valence-electron chi connectivity index (χ2n) is 6.81. The van der Waals surface area contributed by atoms with Crippen molar-refractivity contribution in [2.24, 2.45) is 0 Å². The van der Waals surface area contributed by atoms with Gasteiger partial charge in [0.15, 0.2) is 15.8 Å². The molecule has 0 aliphatic carbocycles. The highest BCUT2D eigenvalue weighted by atomic mass is 32.2. The van der Waals surface area contributed by atoms with Crippen LogP contribution in [0.25, 0.3) is 6.08 Å². The van der Waals surface area contributed by atoms with Crippen LogP contribution >= 0.6 is 24.0 Å². The minimum Gasteiger partial charge on any atom is -0.493 e. The molecule has 1 saturated heterocycles. The Labute approximate surface area is 194 Å². The Morgan fingerprint density at radius 3 is 2.59 bits per heavy atom. The Morgan fingerprint density at radius 2 is 1.94 bits per heavy atom. The highest BCUT2D eigenvalue weighted by molar-refractivity contribution is 8.27. The van der Waals surface area contributed by atoms with Crippen molar-refractivity contribution in [3.63, 3.8) is 0 Å². The number of anilines is 1. The predicted octanol–water partition coefficient (Wildman–Crippen LogP) is 5.48. The predicted molar refractivity (Wildman–Crippen MR) is 128 cm³/mol. The summed E-state index contributed by atoms with van der Waals surface area (Å²) in [5, 5.41) is 0. The number of hydrogen-bond donors (Lipinski definition) is 0. The van der Waals surface area contributed by atoms with Crippen LogP contribution in [-0.2, 0) is 11.2 Å². The Morgan fingerprint density at radius 1 is 1.16 bits per heavy atom. The average Bonchev–Trinajstić information content (AvgIpc) is 3.43. The number of thiocarbonyl (C=S) groups is 1. The molecule has 6 nitrogen and oxygen atoms in total. The lowest BCUT2D eigenvalue weighted by Gasteiger charge is -2.14. The van der Waals surface area contributed by atoms with Gasteiger partial charge in [-0.2, -0.15) is 0 Å². The third-order valence-corrected chi connectivity index (χ3v) is 6.11. The summed E-state index contributed by atoms with van der Waals surface area (Å²) in [5.74, 6) is -0.127. The SMILES string of the molecule is CCc1ccc(N2C(=O)/C(=C/c3ccc(OC(=O)c4ccco4)c(OC)c3)SC2=S)cc1. The number of rotatable bonds is 6. The van der Waals surface area contributed by atoms with Gasteiger partial charge in [-0.25, -0.2) is 4.79 Å². The minimum absolute atomic E-state index is 0.0896. The van der Waals surface area contributed by atoms with Gasteiger partial charge in [0.1, 0.15) is 0 Å². The zero-order chi connectivity index (χ0) is 22.7. The molecule has 1 amide bonds. The summed E-state index contributed by atoms with van der Waals surface area (Å²) < 4.78 is 16.2. The fraction of sp³-hybridized carbons (Fsp3) is 0.125. The normalized spacial score (nSPS) is 14.8. The van der Waals surface area contributed by atoms with E-state index in [4.69, 9.17) is 26.1 Å². The van der Waals surface area contributed by atoms with Gasteiger partial charge in [-0.1, -0.05) is 49.1 Å². The molecule has 0 saturated carbocycles. The summed E-state index contributed by atoms with van der Waals surface area (Å²) in [4.78, 5) is 27.2. The molecule has 1 fully saturated rings. The summed E-state index contributed by atoms with van der Waals surface area (Å²) in [6, 6.07) is 15.9. The van der Waals surface area contributed by atoms with Gasteiger partial charge in [-0.3, -0.25) is 9.69 Å². The third kappa shape index (κ3) is 4.46. The first-order valence-electron chi connectivity index (χ1n) is 9.80. The molecule has 162 valence electrons. The third-order valence-electron chi connectivity index (χ3n) is 4.81. The Bertz CT molecular complexity index is 1200. The van der Waals surface area contributed by atoms with Crippen LogP contribution in [0.3, 0.4) is 0 Å². The van der Waals surface area contributed by atoms with Crippen LogP contribution in [0.5, 0.6) is 11.5 Å². The number of esters is 1. The van der Waals surface area contributed by atoms with Gasteiger partial charge in [0.25, 0.3) is 5.91 Å². The number of benzene rings is 2. The fourth-order valence-electron chi connectivity index (χ4n) is 3.13. The van der Waals surface area contributed by atoms with Crippen LogP contribution in [-0.4, -0.2) is 23.3 Å². The standard InChI is InChI=1S/C24H19NO5S2/c1-3-15-6-9-17(10-7-15)25-22(26)21(32-24(25)31)14-16-8-11-18(20(13-16)28-2)30-23(27)19-5-4-12-29-19/h4-14H,3H2,1-2H3/b21-14-.